The van der Waals surface area contributed by atoms with Crippen LogP contribution in [0.3, 0.4) is 0 Å². The van der Waals surface area contributed by atoms with Gasteiger partial charge in [0.05, 0.1) is 12.2 Å². The summed E-state index contributed by atoms with van der Waals surface area (Å²) < 4.78 is 10.5. The normalized spacial score (nSPS) is 10.2. The summed E-state index contributed by atoms with van der Waals surface area (Å²) in [6, 6.07) is 20.3. The van der Waals surface area contributed by atoms with E-state index in [-0.39, 0.29) is 23.2 Å². The zero-order valence-electron chi connectivity index (χ0n) is 19.8. The first-order chi connectivity index (χ1) is 17.4. The van der Waals surface area contributed by atoms with Crippen LogP contribution in [0, 0.1) is 6.92 Å². The number of rotatable bonds is 8. The van der Waals surface area contributed by atoms with E-state index < -0.39 is 11.8 Å². The Balaban J connectivity index is 1.50. The lowest BCUT2D eigenvalue weighted by Gasteiger charge is -2.13. The van der Waals surface area contributed by atoms with Crippen molar-refractivity contribution in [3.8, 4) is 5.75 Å². The quantitative estimate of drug-likeness (QED) is 0.211. The number of thiocarbonyl (C=S) groups is 1. The van der Waals surface area contributed by atoms with Gasteiger partial charge in [0.25, 0.3) is 17.7 Å². The van der Waals surface area contributed by atoms with Crippen LogP contribution in [0.4, 0.5) is 5.69 Å². The van der Waals surface area contributed by atoms with Crippen LogP contribution in [0.15, 0.2) is 72.8 Å². The van der Waals surface area contributed by atoms with E-state index in [1.54, 1.807) is 67.8 Å². The smallest absolute Gasteiger partial charge is 0.269 e. The molecule has 3 amide bonds. The molecule has 0 heterocycles. The average molecular weight is 507 g/mol. The zero-order valence-corrected chi connectivity index (χ0v) is 20.6. The van der Waals surface area contributed by atoms with Crippen molar-refractivity contribution in [2.45, 2.75) is 6.92 Å². The molecular formula is C26H26N4O5S. The lowest BCUT2D eigenvalue weighted by Crippen LogP contribution is -2.48. The predicted octanol–water partition coefficient (Wildman–Crippen LogP) is 3.22. The molecule has 0 bridgehead atoms. The number of hydrogen-bond donors (Lipinski definition) is 4. The Morgan fingerprint density at radius 2 is 1.44 bits per heavy atom. The lowest BCUT2D eigenvalue weighted by atomic mass is 10.1. The number of benzene rings is 3. The number of hydrazine groups is 1. The van der Waals surface area contributed by atoms with Crippen LogP contribution in [0.1, 0.15) is 36.6 Å². The number of hydrogen-bond acceptors (Lipinski definition) is 6. The number of carbonyl (C=O) groups excluding carboxylic acids is 3. The molecule has 3 aromatic rings. The largest absolute Gasteiger partial charge is 0.490 e. The van der Waals surface area contributed by atoms with E-state index in [1.165, 1.54) is 0 Å². The predicted molar refractivity (Wildman–Crippen MR) is 140 cm³/mol. The molecule has 3 aromatic carbocycles. The van der Waals surface area contributed by atoms with Gasteiger partial charge in [-0.2, -0.15) is 0 Å². The summed E-state index contributed by atoms with van der Waals surface area (Å²) in [7, 11) is 1.55. The number of anilines is 1. The molecule has 0 aliphatic heterocycles. The van der Waals surface area contributed by atoms with Crippen LogP contribution in [0.25, 0.3) is 0 Å². The molecular weight excluding hydrogens is 480 g/mol. The standard InChI is InChI=1S/C26H26N4O5S/c1-17-7-3-4-8-20(17)24(32)27-19-13-11-18(12-14-19)23(31)29-30-26(36)28-25(33)21-9-5-6-10-22(21)35-16-15-34-2/h3-14H,15-16H2,1-2H3,(H,27,32)(H,29,31)(H2,28,30,33,36). The molecule has 0 aliphatic carbocycles. The first-order valence-corrected chi connectivity index (χ1v) is 11.4. The minimum atomic E-state index is -0.497. The van der Waals surface area contributed by atoms with E-state index in [0.717, 1.165) is 5.56 Å². The highest BCUT2D eigenvalue weighted by molar-refractivity contribution is 7.80. The number of para-hydroxylation sites is 1. The number of amides is 3. The monoisotopic (exact) mass is 506 g/mol. The van der Waals surface area contributed by atoms with Crippen LogP contribution in [-0.4, -0.2) is 43.2 Å². The van der Waals surface area contributed by atoms with Crippen LogP contribution in [0.2, 0.25) is 0 Å². The maximum Gasteiger partial charge on any atom is 0.269 e. The van der Waals surface area contributed by atoms with E-state index in [1.807, 2.05) is 19.1 Å². The fourth-order valence-corrected chi connectivity index (χ4v) is 3.28. The Morgan fingerprint density at radius 3 is 2.14 bits per heavy atom. The Morgan fingerprint density at radius 1 is 0.778 bits per heavy atom. The summed E-state index contributed by atoms with van der Waals surface area (Å²) in [5.74, 6) is -0.831. The third kappa shape index (κ3) is 7.36. The summed E-state index contributed by atoms with van der Waals surface area (Å²) in [4.78, 5) is 37.5. The second-order valence-corrected chi connectivity index (χ2v) is 7.95. The topological polar surface area (TPSA) is 118 Å². The first kappa shape index (κ1) is 26.3. The maximum atomic E-state index is 12.6. The SMILES string of the molecule is COCCOc1ccccc1C(=O)NC(=S)NNC(=O)c1ccc(NC(=O)c2ccccc2C)cc1. The van der Waals surface area contributed by atoms with Gasteiger partial charge in [-0.25, -0.2) is 0 Å². The zero-order chi connectivity index (χ0) is 25.9. The molecule has 0 unspecified atom stereocenters. The van der Waals surface area contributed by atoms with Crippen LogP contribution < -0.4 is 26.2 Å². The van der Waals surface area contributed by atoms with Crippen LogP contribution in [-0.2, 0) is 4.74 Å². The Bertz CT molecular complexity index is 1250. The van der Waals surface area contributed by atoms with Gasteiger partial charge in [0.2, 0.25) is 0 Å². The van der Waals surface area contributed by atoms with Gasteiger partial charge in [-0.3, -0.25) is 30.6 Å². The molecule has 0 atom stereocenters. The van der Waals surface area contributed by atoms with Crippen molar-refractivity contribution in [2.24, 2.45) is 0 Å². The molecule has 10 heteroatoms. The van der Waals surface area contributed by atoms with Crippen LogP contribution in [0.5, 0.6) is 5.75 Å². The number of nitrogens with one attached hydrogen (secondary N) is 4. The molecule has 4 N–H and O–H groups in total. The molecule has 0 saturated heterocycles. The summed E-state index contributed by atoms with van der Waals surface area (Å²) in [5, 5.41) is 5.20. The highest BCUT2D eigenvalue weighted by atomic mass is 32.1. The molecule has 0 spiro atoms. The minimum absolute atomic E-state index is 0.0952. The fraction of sp³-hybridized carbons (Fsp3) is 0.154. The van der Waals surface area contributed by atoms with Crippen LogP contribution >= 0.6 is 12.2 Å². The van der Waals surface area contributed by atoms with Crippen molar-refractivity contribution >= 4 is 40.7 Å². The van der Waals surface area contributed by atoms with E-state index in [0.29, 0.717) is 29.2 Å². The van der Waals surface area contributed by atoms with Gasteiger partial charge >= 0.3 is 0 Å². The molecule has 0 aliphatic rings. The van der Waals surface area contributed by atoms with Crippen molar-refractivity contribution in [1.82, 2.24) is 16.2 Å². The van der Waals surface area contributed by atoms with Crippen molar-refractivity contribution in [2.75, 3.05) is 25.6 Å². The molecule has 0 saturated carbocycles. The Hall–Kier alpha value is -4.28. The van der Waals surface area contributed by atoms with Crippen molar-refractivity contribution in [3.63, 3.8) is 0 Å². The molecule has 0 aromatic heterocycles. The number of carbonyl (C=O) groups is 3. The Kier molecular flexibility index (Phi) is 9.49. The number of methoxy groups -OCH3 is 1. The van der Waals surface area contributed by atoms with E-state index in [4.69, 9.17) is 21.7 Å². The number of ether oxygens (including phenoxy) is 2. The van der Waals surface area contributed by atoms with Gasteiger partial charge in [0.1, 0.15) is 12.4 Å². The Labute approximate surface area is 214 Å². The highest BCUT2D eigenvalue weighted by Gasteiger charge is 2.14. The molecule has 0 fully saturated rings. The van der Waals surface area contributed by atoms with Gasteiger partial charge < -0.3 is 14.8 Å². The molecule has 186 valence electrons. The van der Waals surface area contributed by atoms with Gasteiger partial charge in [-0.1, -0.05) is 30.3 Å². The number of aryl methyl sites for hydroxylation is 1. The van der Waals surface area contributed by atoms with Gasteiger partial charge in [0.15, 0.2) is 5.11 Å². The van der Waals surface area contributed by atoms with Gasteiger partial charge in [-0.15, -0.1) is 0 Å². The second-order valence-electron chi connectivity index (χ2n) is 7.55. The third-order valence-corrected chi connectivity index (χ3v) is 5.19. The average Bonchev–Trinajstić information content (AvgIpc) is 2.88. The maximum absolute atomic E-state index is 12.6. The molecule has 9 nitrogen and oxygen atoms in total. The van der Waals surface area contributed by atoms with E-state index in [2.05, 4.69) is 21.5 Å². The van der Waals surface area contributed by atoms with Crippen molar-refractivity contribution in [1.29, 1.82) is 0 Å². The summed E-state index contributed by atoms with van der Waals surface area (Å²) in [6.07, 6.45) is 0. The van der Waals surface area contributed by atoms with E-state index in [9.17, 15) is 14.4 Å². The fourth-order valence-electron chi connectivity index (χ4n) is 3.13. The highest BCUT2D eigenvalue weighted by Crippen LogP contribution is 2.18. The molecule has 36 heavy (non-hydrogen) atoms. The summed E-state index contributed by atoms with van der Waals surface area (Å²) in [5.41, 5.74) is 7.51. The third-order valence-electron chi connectivity index (χ3n) is 4.99. The van der Waals surface area contributed by atoms with Gasteiger partial charge in [0, 0.05) is 23.9 Å². The first-order valence-electron chi connectivity index (χ1n) is 11.0. The summed E-state index contributed by atoms with van der Waals surface area (Å²) in [6.45, 7) is 2.52. The second kappa shape index (κ2) is 13.0. The van der Waals surface area contributed by atoms with Gasteiger partial charge in [-0.05, 0) is 67.2 Å². The van der Waals surface area contributed by atoms with Crippen molar-refractivity contribution in [3.05, 3.63) is 95.1 Å². The summed E-state index contributed by atoms with van der Waals surface area (Å²) >= 11 is 5.11. The van der Waals surface area contributed by atoms with Crippen molar-refractivity contribution < 1.29 is 23.9 Å². The van der Waals surface area contributed by atoms with E-state index >= 15 is 0 Å². The molecule has 3 rings (SSSR count). The molecule has 0 radical (unpaired) electrons. The lowest BCUT2D eigenvalue weighted by molar-refractivity contribution is 0.0933. The minimum Gasteiger partial charge on any atom is -0.490 e.